The fourth-order valence-electron chi connectivity index (χ4n) is 6.69. The van der Waals surface area contributed by atoms with Gasteiger partial charge in [0.05, 0.1) is 5.52 Å². The maximum absolute atomic E-state index is 14.0. The molecular formula is C30H48FN3. The van der Waals surface area contributed by atoms with E-state index in [1.165, 1.54) is 108 Å². The van der Waals surface area contributed by atoms with Crippen molar-refractivity contribution in [3.63, 3.8) is 0 Å². The summed E-state index contributed by atoms with van der Waals surface area (Å²) in [4.78, 5) is 3.13. The van der Waals surface area contributed by atoms with Crippen LogP contribution in [0.2, 0.25) is 0 Å². The number of fused-ring (bicyclic) bond motifs is 1. The molecule has 0 amide bonds. The van der Waals surface area contributed by atoms with Gasteiger partial charge in [0.25, 0.3) is 0 Å². The van der Waals surface area contributed by atoms with Gasteiger partial charge in [-0.05, 0) is 81.9 Å². The van der Waals surface area contributed by atoms with E-state index in [0.29, 0.717) is 11.6 Å². The molecule has 4 unspecified atom stereocenters. The standard InChI is InChI=1S/C30H48FN3/c1-30(32)19-8-3-2-5-11-24(17-20-30)23-10-6-4-7-12-26(16-15-23)33-21-18-25-22-34-29-27(25)13-9-14-28(29)31/h9,13-14,22-24,26,33-34H,2-8,10-12,15-21,32H2,1H3. The van der Waals surface area contributed by atoms with E-state index in [0.717, 1.165) is 30.2 Å². The van der Waals surface area contributed by atoms with Gasteiger partial charge in [-0.15, -0.1) is 0 Å². The van der Waals surface area contributed by atoms with Gasteiger partial charge >= 0.3 is 0 Å². The summed E-state index contributed by atoms with van der Waals surface area (Å²) >= 11 is 0. The number of rotatable bonds is 5. The highest BCUT2D eigenvalue weighted by Gasteiger charge is 2.27. The summed E-state index contributed by atoms with van der Waals surface area (Å²) in [6.07, 6.45) is 23.0. The quantitative estimate of drug-likeness (QED) is 0.421. The van der Waals surface area contributed by atoms with Gasteiger partial charge in [0.15, 0.2) is 0 Å². The fraction of sp³-hybridized carbons (Fsp3) is 0.733. The topological polar surface area (TPSA) is 53.8 Å². The number of nitrogens with two attached hydrogens (primary N) is 1. The Balaban J connectivity index is 1.31. The van der Waals surface area contributed by atoms with Crippen LogP contribution >= 0.6 is 0 Å². The van der Waals surface area contributed by atoms with Crippen LogP contribution in [0.25, 0.3) is 10.9 Å². The monoisotopic (exact) mass is 469 g/mol. The molecule has 4 heteroatoms. The second kappa shape index (κ2) is 12.5. The summed E-state index contributed by atoms with van der Waals surface area (Å²) in [5.74, 6) is 1.57. The van der Waals surface area contributed by atoms with E-state index in [-0.39, 0.29) is 11.4 Å². The van der Waals surface area contributed by atoms with Crippen molar-refractivity contribution < 1.29 is 4.39 Å². The van der Waals surface area contributed by atoms with Gasteiger partial charge in [-0.3, -0.25) is 0 Å². The minimum Gasteiger partial charge on any atom is -0.359 e. The van der Waals surface area contributed by atoms with E-state index in [1.54, 1.807) is 0 Å². The number of benzene rings is 1. The SMILES string of the molecule is CC1(N)CCCCCCC(C2CCCCCC(NCCc3c[nH]c4c(F)cccc34)CC2)CC1. The van der Waals surface area contributed by atoms with Gasteiger partial charge in [-0.2, -0.15) is 0 Å². The molecule has 34 heavy (non-hydrogen) atoms. The van der Waals surface area contributed by atoms with Gasteiger partial charge in [-0.1, -0.05) is 69.9 Å². The zero-order chi connectivity index (χ0) is 23.8. The Labute approximate surface area is 206 Å². The number of aromatic amines is 1. The van der Waals surface area contributed by atoms with Crippen LogP contribution < -0.4 is 11.1 Å². The molecule has 3 nitrogen and oxygen atoms in total. The largest absolute Gasteiger partial charge is 0.359 e. The zero-order valence-corrected chi connectivity index (χ0v) is 21.5. The highest BCUT2D eigenvalue weighted by Crippen LogP contribution is 2.36. The zero-order valence-electron chi connectivity index (χ0n) is 21.5. The molecule has 4 atom stereocenters. The fourth-order valence-corrected chi connectivity index (χ4v) is 6.69. The smallest absolute Gasteiger partial charge is 0.147 e. The first kappa shape index (κ1) is 25.7. The molecule has 2 fully saturated rings. The van der Waals surface area contributed by atoms with Crippen LogP contribution in [0, 0.1) is 17.7 Å². The predicted molar refractivity (Wildman–Crippen MR) is 143 cm³/mol. The second-order valence-corrected chi connectivity index (χ2v) is 11.8. The van der Waals surface area contributed by atoms with Gasteiger partial charge in [0.2, 0.25) is 0 Å². The minimum absolute atomic E-state index is 0.0313. The maximum Gasteiger partial charge on any atom is 0.147 e. The van der Waals surface area contributed by atoms with Crippen LogP contribution in [-0.4, -0.2) is 23.1 Å². The van der Waals surface area contributed by atoms with Crippen molar-refractivity contribution in [3.8, 4) is 0 Å². The molecular weight excluding hydrogens is 421 g/mol. The lowest BCUT2D eigenvalue weighted by molar-refractivity contribution is 0.212. The molecule has 1 heterocycles. The second-order valence-electron chi connectivity index (χ2n) is 11.8. The lowest BCUT2D eigenvalue weighted by Crippen LogP contribution is -2.37. The molecule has 4 rings (SSSR count). The summed E-state index contributed by atoms with van der Waals surface area (Å²) in [7, 11) is 0. The molecule has 2 aliphatic carbocycles. The molecule has 1 aromatic carbocycles. The number of nitrogens with one attached hydrogen (secondary N) is 2. The summed E-state index contributed by atoms with van der Waals surface area (Å²) in [6.45, 7) is 3.25. The molecule has 2 aliphatic rings. The number of halogens is 1. The first-order chi connectivity index (χ1) is 16.5. The van der Waals surface area contributed by atoms with Gasteiger partial charge in [0.1, 0.15) is 5.82 Å². The Bertz CT molecular complexity index is 873. The van der Waals surface area contributed by atoms with Crippen molar-refractivity contribution in [1.82, 2.24) is 10.3 Å². The van der Waals surface area contributed by atoms with Gasteiger partial charge in [-0.25, -0.2) is 4.39 Å². The van der Waals surface area contributed by atoms with Crippen molar-refractivity contribution in [1.29, 1.82) is 0 Å². The van der Waals surface area contributed by atoms with Crippen LogP contribution in [-0.2, 0) is 6.42 Å². The lowest BCUT2D eigenvalue weighted by Gasteiger charge is -2.33. The molecule has 0 spiro atoms. The van der Waals surface area contributed by atoms with Crippen LogP contribution in [0.15, 0.2) is 24.4 Å². The number of para-hydroxylation sites is 1. The summed E-state index contributed by atoms with van der Waals surface area (Å²) < 4.78 is 14.0. The Morgan fingerprint density at radius 2 is 1.65 bits per heavy atom. The molecule has 0 aliphatic heterocycles. The Morgan fingerprint density at radius 1 is 0.912 bits per heavy atom. The molecule has 2 saturated carbocycles. The van der Waals surface area contributed by atoms with Crippen molar-refractivity contribution in [2.75, 3.05) is 6.54 Å². The first-order valence-corrected chi connectivity index (χ1v) is 14.3. The summed E-state index contributed by atoms with van der Waals surface area (Å²) in [5, 5.41) is 4.91. The Morgan fingerprint density at radius 3 is 2.50 bits per heavy atom. The number of hydrogen-bond donors (Lipinski definition) is 3. The summed E-state index contributed by atoms with van der Waals surface area (Å²) in [5.41, 5.74) is 8.56. The third kappa shape index (κ3) is 7.31. The Hall–Kier alpha value is -1.39. The molecule has 2 aromatic rings. The predicted octanol–water partition coefficient (Wildman–Crippen LogP) is 7.64. The highest BCUT2D eigenvalue weighted by atomic mass is 19.1. The van der Waals surface area contributed by atoms with Crippen molar-refractivity contribution in [2.24, 2.45) is 17.6 Å². The van der Waals surface area contributed by atoms with Crippen LogP contribution in [0.4, 0.5) is 4.39 Å². The van der Waals surface area contributed by atoms with E-state index >= 15 is 0 Å². The third-order valence-electron chi connectivity index (χ3n) is 8.92. The Kier molecular flexibility index (Phi) is 9.47. The van der Waals surface area contributed by atoms with Gasteiger partial charge < -0.3 is 16.0 Å². The number of H-pyrrole nitrogens is 1. The van der Waals surface area contributed by atoms with Crippen LogP contribution in [0.1, 0.15) is 109 Å². The molecule has 0 radical (unpaired) electrons. The lowest BCUT2D eigenvalue weighted by atomic mass is 9.75. The summed E-state index contributed by atoms with van der Waals surface area (Å²) in [6, 6.07) is 5.98. The van der Waals surface area contributed by atoms with Crippen molar-refractivity contribution in [2.45, 2.75) is 121 Å². The molecule has 190 valence electrons. The molecule has 0 saturated heterocycles. The van der Waals surface area contributed by atoms with E-state index < -0.39 is 0 Å². The highest BCUT2D eigenvalue weighted by molar-refractivity contribution is 5.83. The van der Waals surface area contributed by atoms with E-state index in [2.05, 4.69) is 17.2 Å². The third-order valence-corrected chi connectivity index (χ3v) is 8.92. The van der Waals surface area contributed by atoms with E-state index in [4.69, 9.17) is 5.73 Å². The van der Waals surface area contributed by atoms with E-state index in [1.807, 2.05) is 18.3 Å². The van der Waals surface area contributed by atoms with E-state index in [9.17, 15) is 4.39 Å². The number of hydrogen-bond acceptors (Lipinski definition) is 2. The minimum atomic E-state index is -0.158. The number of aromatic nitrogens is 1. The molecule has 1 aromatic heterocycles. The normalized spacial score (nSPS) is 30.4. The van der Waals surface area contributed by atoms with Crippen LogP contribution in [0.3, 0.4) is 0 Å². The first-order valence-electron chi connectivity index (χ1n) is 14.3. The molecule has 4 N–H and O–H groups in total. The molecule has 0 bridgehead atoms. The van der Waals surface area contributed by atoms with Crippen molar-refractivity contribution in [3.05, 3.63) is 35.8 Å². The van der Waals surface area contributed by atoms with Gasteiger partial charge in [0, 0.05) is 23.2 Å². The maximum atomic E-state index is 14.0. The van der Waals surface area contributed by atoms with Crippen molar-refractivity contribution >= 4 is 10.9 Å². The average molecular weight is 470 g/mol. The van der Waals surface area contributed by atoms with Crippen LogP contribution in [0.5, 0.6) is 0 Å². The average Bonchev–Trinajstić information content (AvgIpc) is 3.27.